The Morgan fingerprint density at radius 1 is 1.28 bits per heavy atom. The summed E-state index contributed by atoms with van der Waals surface area (Å²) in [5.41, 5.74) is 0.993. The number of carboxylic acid groups (broad SMARTS) is 1. The first-order valence-electron chi connectivity index (χ1n) is 7.39. The van der Waals surface area contributed by atoms with Gasteiger partial charge in [0.2, 0.25) is 0 Å². The molecule has 8 heteroatoms. The minimum atomic E-state index is -1.34. The summed E-state index contributed by atoms with van der Waals surface area (Å²) in [4.78, 5) is 28.6. The summed E-state index contributed by atoms with van der Waals surface area (Å²) >= 11 is 1.32. The van der Waals surface area contributed by atoms with E-state index >= 15 is 0 Å². The zero-order valence-corrected chi connectivity index (χ0v) is 14.6. The number of hydrogen-bond acceptors (Lipinski definition) is 7. The van der Waals surface area contributed by atoms with E-state index in [-0.39, 0.29) is 0 Å². The molecule has 3 aromatic rings. The Balaban J connectivity index is 2.23. The molecule has 0 aliphatic rings. The molecular weight excluding hydrogens is 344 g/mol. The number of ether oxygens (including phenoxy) is 2. The molecule has 0 spiro atoms. The summed E-state index contributed by atoms with van der Waals surface area (Å²) in [6, 6.07) is 4.21. The van der Waals surface area contributed by atoms with Crippen LogP contribution in [0.5, 0.6) is 11.5 Å². The molecule has 3 rings (SSSR count). The van der Waals surface area contributed by atoms with Crippen molar-refractivity contribution in [2.45, 2.75) is 13.0 Å². The van der Waals surface area contributed by atoms with E-state index in [4.69, 9.17) is 9.47 Å². The second kappa shape index (κ2) is 6.56. The molecule has 0 unspecified atom stereocenters. The summed E-state index contributed by atoms with van der Waals surface area (Å²) in [6.45, 7) is 1.38. The third kappa shape index (κ3) is 2.85. The Labute approximate surface area is 147 Å². The number of carbonyl (C=O) groups excluding carboxylic acids is 1. The Morgan fingerprint density at radius 3 is 2.64 bits per heavy atom. The van der Waals surface area contributed by atoms with Crippen molar-refractivity contribution >= 4 is 27.5 Å². The Kier molecular flexibility index (Phi) is 4.45. The summed E-state index contributed by atoms with van der Waals surface area (Å²) in [6.07, 6.45) is 1.24. The smallest absolute Gasteiger partial charge is 0.263 e. The van der Waals surface area contributed by atoms with E-state index in [2.05, 4.69) is 4.98 Å². The standard InChI is InChI=1S/C17H16N2O5S/c1-9(17(21)22)19-8-18-15-14(16(19)20)11(7-25-15)10-4-5-12(23-2)13(6-10)24-3/h4-9H,1-3H3,(H,21,22)/p-1/t9-/m1/s1. The molecule has 25 heavy (non-hydrogen) atoms. The fraction of sp³-hybridized carbons (Fsp3) is 0.235. The van der Waals surface area contributed by atoms with Crippen molar-refractivity contribution in [2.24, 2.45) is 0 Å². The molecule has 2 heterocycles. The van der Waals surface area contributed by atoms with Crippen LogP contribution < -0.4 is 20.1 Å². The Hall–Kier alpha value is -2.87. The van der Waals surface area contributed by atoms with Crippen LogP contribution in [-0.2, 0) is 4.79 Å². The number of methoxy groups -OCH3 is 2. The molecule has 1 atom stereocenters. The normalized spacial score (nSPS) is 12.1. The second-order valence-corrected chi connectivity index (χ2v) is 6.21. The average Bonchev–Trinajstić information content (AvgIpc) is 3.05. The highest BCUT2D eigenvalue weighted by Gasteiger charge is 2.17. The van der Waals surface area contributed by atoms with Gasteiger partial charge in [-0.05, 0) is 24.6 Å². The minimum Gasteiger partial charge on any atom is -0.548 e. The first kappa shape index (κ1) is 17.0. The van der Waals surface area contributed by atoms with Crippen molar-refractivity contribution < 1.29 is 19.4 Å². The van der Waals surface area contributed by atoms with Crippen LogP contribution in [0.4, 0.5) is 0 Å². The van der Waals surface area contributed by atoms with Crippen LogP contribution in [-0.4, -0.2) is 29.7 Å². The third-order valence-electron chi connectivity index (χ3n) is 3.97. The fourth-order valence-electron chi connectivity index (χ4n) is 2.55. The number of thiophene rings is 1. The lowest BCUT2D eigenvalue weighted by Gasteiger charge is -2.15. The molecule has 0 fully saturated rings. The van der Waals surface area contributed by atoms with Crippen molar-refractivity contribution in [3.05, 3.63) is 40.3 Å². The van der Waals surface area contributed by atoms with Crippen LogP contribution in [0.3, 0.4) is 0 Å². The lowest BCUT2D eigenvalue weighted by molar-refractivity contribution is -0.309. The largest absolute Gasteiger partial charge is 0.548 e. The van der Waals surface area contributed by atoms with Crippen LogP contribution in [0.15, 0.2) is 34.7 Å². The lowest BCUT2D eigenvalue weighted by atomic mass is 10.1. The van der Waals surface area contributed by atoms with Gasteiger partial charge in [-0.25, -0.2) is 4.98 Å². The summed E-state index contributed by atoms with van der Waals surface area (Å²) in [5, 5.41) is 13.3. The molecule has 0 radical (unpaired) electrons. The zero-order chi connectivity index (χ0) is 18.1. The maximum Gasteiger partial charge on any atom is 0.263 e. The summed E-state index contributed by atoms with van der Waals surface area (Å²) in [7, 11) is 3.07. The molecule has 0 bridgehead atoms. The van der Waals surface area contributed by atoms with Gasteiger partial charge in [0.25, 0.3) is 5.56 Å². The van der Waals surface area contributed by atoms with Gasteiger partial charge in [0.15, 0.2) is 11.5 Å². The van der Waals surface area contributed by atoms with Crippen LogP contribution in [0.1, 0.15) is 13.0 Å². The zero-order valence-electron chi connectivity index (χ0n) is 13.8. The van der Waals surface area contributed by atoms with Crippen LogP contribution in [0.2, 0.25) is 0 Å². The Bertz CT molecular complexity index is 1010. The van der Waals surface area contributed by atoms with E-state index in [0.717, 1.165) is 10.1 Å². The number of nitrogens with zero attached hydrogens (tertiary/aromatic N) is 2. The van der Waals surface area contributed by atoms with Gasteiger partial charge in [-0.2, -0.15) is 0 Å². The quantitative estimate of drug-likeness (QED) is 0.684. The van der Waals surface area contributed by atoms with Gasteiger partial charge < -0.3 is 19.4 Å². The maximum atomic E-state index is 12.8. The molecule has 0 saturated heterocycles. The van der Waals surface area contributed by atoms with Gasteiger partial charge in [0, 0.05) is 10.9 Å². The van der Waals surface area contributed by atoms with Crippen LogP contribution in [0.25, 0.3) is 21.3 Å². The van der Waals surface area contributed by atoms with Crippen molar-refractivity contribution in [1.29, 1.82) is 0 Å². The van der Waals surface area contributed by atoms with E-state index in [9.17, 15) is 14.7 Å². The molecule has 130 valence electrons. The van der Waals surface area contributed by atoms with Gasteiger partial charge in [-0.3, -0.25) is 9.36 Å². The number of benzene rings is 1. The third-order valence-corrected chi connectivity index (χ3v) is 4.86. The van der Waals surface area contributed by atoms with E-state index in [1.54, 1.807) is 19.2 Å². The van der Waals surface area contributed by atoms with Crippen LogP contribution in [0, 0.1) is 0 Å². The van der Waals surface area contributed by atoms with Crippen LogP contribution >= 0.6 is 11.3 Å². The molecule has 2 aromatic heterocycles. The highest BCUT2D eigenvalue weighted by Crippen LogP contribution is 2.36. The average molecular weight is 359 g/mol. The number of carboxylic acids is 1. The molecule has 0 aliphatic carbocycles. The van der Waals surface area contributed by atoms with Crippen molar-refractivity contribution in [2.75, 3.05) is 14.2 Å². The molecule has 0 aliphatic heterocycles. The maximum absolute atomic E-state index is 12.8. The van der Waals surface area contributed by atoms with Crippen molar-refractivity contribution in [3.8, 4) is 22.6 Å². The van der Waals surface area contributed by atoms with E-state index in [0.29, 0.717) is 27.3 Å². The molecule has 7 nitrogen and oxygen atoms in total. The van der Waals surface area contributed by atoms with E-state index in [1.807, 2.05) is 11.4 Å². The van der Waals surface area contributed by atoms with Crippen molar-refractivity contribution in [3.63, 3.8) is 0 Å². The van der Waals surface area contributed by atoms with Crippen molar-refractivity contribution in [1.82, 2.24) is 9.55 Å². The monoisotopic (exact) mass is 359 g/mol. The number of carbonyl (C=O) groups is 1. The van der Waals surface area contributed by atoms with E-state index in [1.165, 1.54) is 31.7 Å². The van der Waals surface area contributed by atoms with Gasteiger partial charge in [-0.15, -0.1) is 11.3 Å². The Morgan fingerprint density at radius 2 is 2.00 bits per heavy atom. The highest BCUT2D eigenvalue weighted by molar-refractivity contribution is 7.17. The second-order valence-electron chi connectivity index (χ2n) is 5.35. The minimum absolute atomic E-state index is 0.368. The van der Waals surface area contributed by atoms with E-state index < -0.39 is 17.6 Å². The van der Waals surface area contributed by atoms with Gasteiger partial charge in [-0.1, -0.05) is 6.07 Å². The fourth-order valence-corrected chi connectivity index (χ4v) is 3.46. The number of aliphatic carboxylic acids is 1. The predicted octanol–water partition coefficient (Wildman–Crippen LogP) is 1.45. The lowest BCUT2D eigenvalue weighted by Crippen LogP contribution is -2.36. The predicted molar refractivity (Wildman–Crippen MR) is 92.1 cm³/mol. The number of hydrogen-bond donors (Lipinski definition) is 0. The molecule has 0 N–H and O–H groups in total. The van der Waals surface area contributed by atoms with Gasteiger partial charge >= 0.3 is 0 Å². The number of rotatable bonds is 5. The molecule has 0 amide bonds. The first-order valence-corrected chi connectivity index (χ1v) is 8.27. The summed E-state index contributed by atoms with van der Waals surface area (Å²) in [5.74, 6) is -0.232. The molecule has 0 saturated carbocycles. The number of aromatic nitrogens is 2. The summed E-state index contributed by atoms with van der Waals surface area (Å²) < 4.78 is 11.6. The first-order chi connectivity index (χ1) is 12.0. The van der Waals surface area contributed by atoms with Gasteiger partial charge in [0.05, 0.1) is 37.9 Å². The topological polar surface area (TPSA) is 93.5 Å². The van der Waals surface area contributed by atoms with Gasteiger partial charge in [0.1, 0.15) is 4.83 Å². The SMILES string of the molecule is COc1ccc(-c2csc3ncn([C@H](C)C(=O)[O-])c(=O)c23)cc1OC. The highest BCUT2D eigenvalue weighted by atomic mass is 32.1. The molecular formula is C17H15N2O5S-. The molecule has 1 aromatic carbocycles. The number of fused-ring (bicyclic) bond motifs is 1.